The second-order valence-corrected chi connectivity index (χ2v) is 1.37. The molecule has 1 atom stereocenters. The summed E-state index contributed by atoms with van der Waals surface area (Å²) in [7, 11) is 0. The van der Waals surface area contributed by atoms with Gasteiger partial charge in [-0.25, -0.2) is 0 Å². The summed E-state index contributed by atoms with van der Waals surface area (Å²) in [4.78, 5) is 9.41. The fourth-order valence-corrected chi connectivity index (χ4v) is 0.287. The normalized spacial score (nSPS) is 13.2. The fraction of sp³-hybridized carbons (Fsp3) is 1.00. The summed E-state index contributed by atoms with van der Waals surface area (Å²) >= 11 is 0. The van der Waals surface area contributed by atoms with E-state index in [0.717, 1.165) is 0 Å². The molecular formula is C3H9N3O2. The number of aliphatic hydroxyl groups excluding tert-OH is 1. The number of hydrazine groups is 1. The van der Waals surface area contributed by atoms with Crippen LogP contribution >= 0.6 is 0 Å². The molecule has 0 fully saturated rings. The van der Waals surface area contributed by atoms with Crippen LogP contribution in [-0.4, -0.2) is 24.3 Å². The molecule has 0 aromatic heterocycles. The van der Waals surface area contributed by atoms with Crippen LogP contribution in [0.2, 0.25) is 0 Å². The standard InChI is InChI=1S/C3H9N3O2/c4-5-1-3(7)2-6-8/h3,5,7H,1-2,4H2. The molecule has 0 aromatic rings. The lowest BCUT2D eigenvalue weighted by Gasteiger charge is -2.01. The van der Waals surface area contributed by atoms with Gasteiger partial charge in [0.1, 0.15) is 6.54 Å². The number of nitrogens with zero attached hydrogens (tertiary/aromatic N) is 1. The van der Waals surface area contributed by atoms with Crippen LogP contribution < -0.4 is 11.3 Å². The van der Waals surface area contributed by atoms with E-state index in [4.69, 9.17) is 10.9 Å². The fourth-order valence-electron chi connectivity index (χ4n) is 0.287. The highest BCUT2D eigenvalue weighted by molar-refractivity contribution is 4.57. The third-order valence-corrected chi connectivity index (χ3v) is 0.639. The van der Waals surface area contributed by atoms with E-state index < -0.39 is 6.10 Å². The van der Waals surface area contributed by atoms with E-state index in [0.29, 0.717) is 0 Å². The zero-order valence-corrected chi connectivity index (χ0v) is 4.37. The Morgan fingerprint density at radius 1 is 1.88 bits per heavy atom. The van der Waals surface area contributed by atoms with Gasteiger partial charge in [-0.15, -0.1) is 0 Å². The zero-order chi connectivity index (χ0) is 6.41. The van der Waals surface area contributed by atoms with Gasteiger partial charge in [-0.2, -0.15) is 4.91 Å². The second kappa shape index (κ2) is 4.63. The average molecular weight is 119 g/mol. The van der Waals surface area contributed by atoms with Gasteiger partial charge in [0.25, 0.3) is 0 Å². The molecule has 0 aliphatic rings. The van der Waals surface area contributed by atoms with Gasteiger partial charge in [-0.1, -0.05) is 5.18 Å². The van der Waals surface area contributed by atoms with E-state index in [1.807, 2.05) is 0 Å². The number of nitrogens with one attached hydrogen (secondary N) is 1. The molecule has 5 nitrogen and oxygen atoms in total. The summed E-state index contributed by atoms with van der Waals surface area (Å²) in [5.41, 5.74) is 2.20. The van der Waals surface area contributed by atoms with Crippen LogP contribution in [0.3, 0.4) is 0 Å². The quantitative estimate of drug-likeness (QED) is 0.241. The molecule has 5 heteroatoms. The average Bonchev–Trinajstić information content (AvgIpc) is 1.68. The molecule has 0 bridgehead atoms. The first kappa shape index (κ1) is 7.48. The second-order valence-electron chi connectivity index (χ2n) is 1.37. The zero-order valence-electron chi connectivity index (χ0n) is 4.37. The lowest BCUT2D eigenvalue weighted by molar-refractivity contribution is 0.180. The van der Waals surface area contributed by atoms with Crippen molar-refractivity contribution in [3.05, 3.63) is 4.91 Å². The molecule has 0 radical (unpaired) electrons. The van der Waals surface area contributed by atoms with Crippen molar-refractivity contribution in [1.82, 2.24) is 5.43 Å². The minimum atomic E-state index is -0.752. The maximum Gasteiger partial charge on any atom is 0.108 e. The summed E-state index contributed by atoms with van der Waals surface area (Å²) in [6.45, 7) is 0.0932. The van der Waals surface area contributed by atoms with Crippen LogP contribution in [0.1, 0.15) is 0 Å². The first-order valence-corrected chi connectivity index (χ1v) is 2.22. The van der Waals surface area contributed by atoms with Gasteiger partial charge >= 0.3 is 0 Å². The molecule has 0 rings (SSSR count). The third-order valence-electron chi connectivity index (χ3n) is 0.639. The maximum atomic E-state index is 9.41. The highest BCUT2D eigenvalue weighted by atomic mass is 16.3. The van der Waals surface area contributed by atoms with E-state index in [-0.39, 0.29) is 13.1 Å². The Balaban J connectivity index is 3.03. The van der Waals surface area contributed by atoms with E-state index in [1.54, 1.807) is 0 Å². The molecule has 1 unspecified atom stereocenters. The molecule has 0 saturated carbocycles. The smallest absolute Gasteiger partial charge is 0.108 e. The summed E-state index contributed by atoms with van der Waals surface area (Å²) < 4.78 is 0. The highest BCUT2D eigenvalue weighted by Gasteiger charge is 1.99. The van der Waals surface area contributed by atoms with E-state index >= 15 is 0 Å². The van der Waals surface area contributed by atoms with Gasteiger partial charge in [-0.05, 0) is 0 Å². The predicted octanol–water partition coefficient (Wildman–Crippen LogP) is -1.42. The number of rotatable bonds is 4. The van der Waals surface area contributed by atoms with Gasteiger partial charge in [-0.3, -0.25) is 11.3 Å². The van der Waals surface area contributed by atoms with Crippen molar-refractivity contribution in [3.8, 4) is 0 Å². The Kier molecular flexibility index (Phi) is 4.33. The van der Waals surface area contributed by atoms with Crippen LogP contribution in [0.25, 0.3) is 0 Å². The van der Waals surface area contributed by atoms with E-state index in [2.05, 4.69) is 10.6 Å². The van der Waals surface area contributed by atoms with Gasteiger partial charge in [0.05, 0.1) is 6.10 Å². The van der Waals surface area contributed by atoms with Crippen LogP contribution in [0.5, 0.6) is 0 Å². The Bertz CT molecular complexity index is 67.5. The topological polar surface area (TPSA) is 87.7 Å². The minimum Gasteiger partial charge on any atom is -0.390 e. The molecule has 0 aliphatic carbocycles. The Labute approximate surface area is 46.8 Å². The molecule has 0 heterocycles. The molecule has 8 heavy (non-hydrogen) atoms. The van der Waals surface area contributed by atoms with E-state index in [9.17, 15) is 4.91 Å². The van der Waals surface area contributed by atoms with Crippen molar-refractivity contribution < 1.29 is 5.11 Å². The molecule has 4 N–H and O–H groups in total. The van der Waals surface area contributed by atoms with Gasteiger partial charge in [0, 0.05) is 6.54 Å². The molecule has 0 saturated heterocycles. The number of aliphatic hydroxyl groups is 1. The monoisotopic (exact) mass is 119 g/mol. The largest absolute Gasteiger partial charge is 0.390 e. The SMILES string of the molecule is NNCC(O)CN=O. The number of hydrogen-bond acceptors (Lipinski definition) is 5. The van der Waals surface area contributed by atoms with Crippen molar-refractivity contribution in [2.24, 2.45) is 11.0 Å². The molecule has 0 spiro atoms. The lowest BCUT2D eigenvalue weighted by Crippen LogP contribution is -2.33. The van der Waals surface area contributed by atoms with Crippen LogP contribution in [-0.2, 0) is 0 Å². The molecule has 0 amide bonds. The van der Waals surface area contributed by atoms with Gasteiger partial charge in [0.2, 0.25) is 0 Å². The summed E-state index contributed by atoms with van der Waals surface area (Å²) in [5.74, 6) is 4.81. The first-order chi connectivity index (χ1) is 3.81. The Morgan fingerprint density at radius 3 is 2.88 bits per heavy atom. The van der Waals surface area contributed by atoms with Crippen LogP contribution in [0.15, 0.2) is 5.18 Å². The predicted molar refractivity (Wildman–Crippen MR) is 28.9 cm³/mol. The third kappa shape index (κ3) is 3.66. The highest BCUT2D eigenvalue weighted by Crippen LogP contribution is 1.78. The number of nitroso groups, excluding NO2 is 1. The van der Waals surface area contributed by atoms with Crippen molar-refractivity contribution in [2.45, 2.75) is 6.10 Å². The van der Waals surface area contributed by atoms with Gasteiger partial charge in [0.15, 0.2) is 0 Å². The summed E-state index contributed by atoms with van der Waals surface area (Å²) in [6.07, 6.45) is -0.752. The molecular weight excluding hydrogens is 110 g/mol. The van der Waals surface area contributed by atoms with Gasteiger partial charge < -0.3 is 5.11 Å². The Morgan fingerprint density at radius 2 is 2.50 bits per heavy atom. The number of hydrogen-bond donors (Lipinski definition) is 3. The summed E-state index contributed by atoms with van der Waals surface area (Å²) in [5, 5.41) is 11.1. The molecule has 48 valence electrons. The van der Waals surface area contributed by atoms with Crippen molar-refractivity contribution in [2.75, 3.05) is 13.1 Å². The van der Waals surface area contributed by atoms with E-state index in [1.165, 1.54) is 0 Å². The van der Waals surface area contributed by atoms with Crippen LogP contribution in [0, 0.1) is 4.91 Å². The van der Waals surface area contributed by atoms with Crippen molar-refractivity contribution in [3.63, 3.8) is 0 Å². The number of nitrogens with two attached hydrogens (primary N) is 1. The lowest BCUT2D eigenvalue weighted by atomic mass is 10.4. The molecule has 0 aromatic carbocycles. The van der Waals surface area contributed by atoms with Crippen molar-refractivity contribution >= 4 is 0 Å². The maximum absolute atomic E-state index is 9.41. The summed E-state index contributed by atoms with van der Waals surface area (Å²) in [6, 6.07) is 0. The Hall–Kier alpha value is -0.520. The molecule has 0 aliphatic heterocycles. The van der Waals surface area contributed by atoms with Crippen LogP contribution in [0.4, 0.5) is 0 Å². The minimum absolute atomic E-state index is 0.107. The first-order valence-electron chi connectivity index (χ1n) is 2.22. The van der Waals surface area contributed by atoms with Crippen molar-refractivity contribution in [1.29, 1.82) is 0 Å².